The average molecular weight is 454 g/mol. The highest BCUT2D eigenvalue weighted by atomic mass is 32.2. The van der Waals surface area contributed by atoms with Crippen LogP contribution in [-0.2, 0) is 12.1 Å². The lowest BCUT2D eigenvalue weighted by Crippen LogP contribution is -2.40. The Morgan fingerprint density at radius 1 is 1.16 bits per heavy atom. The molecule has 0 aliphatic rings. The van der Waals surface area contributed by atoms with E-state index in [9.17, 15) is 9.50 Å². The molecule has 1 N–H and O–H groups in total. The van der Waals surface area contributed by atoms with Crippen LogP contribution in [0.15, 0.2) is 71.6 Å². The summed E-state index contributed by atoms with van der Waals surface area (Å²) >= 11 is 2.70. The maximum atomic E-state index is 13.5. The van der Waals surface area contributed by atoms with Crippen molar-refractivity contribution in [1.29, 1.82) is 0 Å². The fraction of sp³-hybridized carbons (Fsp3) is 0.182. The van der Waals surface area contributed by atoms with Crippen LogP contribution < -0.4 is 0 Å². The topological polar surface area (TPSA) is 76.7 Å². The first-order valence-electron chi connectivity index (χ1n) is 9.57. The Labute approximate surface area is 187 Å². The minimum Gasteiger partial charge on any atom is -0.382 e. The van der Waals surface area contributed by atoms with E-state index in [2.05, 4.69) is 19.4 Å². The van der Waals surface area contributed by atoms with Gasteiger partial charge in [0.2, 0.25) is 0 Å². The minimum atomic E-state index is -1.32. The molecule has 0 spiro atoms. The van der Waals surface area contributed by atoms with Gasteiger partial charge in [-0.05, 0) is 47.8 Å². The summed E-state index contributed by atoms with van der Waals surface area (Å²) in [6.45, 7) is 2.08. The molecule has 0 aliphatic heterocycles. The molecule has 0 unspecified atom stereocenters. The smallest absolute Gasteiger partial charge is 0.170 e. The van der Waals surface area contributed by atoms with Crippen LogP contribution >= 0.6 is 23.3 Å². The summed E-state index contributed by atoms with van der Waals surface area (Å²) in [7, 11) is 0. The Morgan fingerprint density at radius 3 is 2.65 bits per heavy atom. The lowest BCUT2D eigenvalue weighted by Gasteiger charge is -2.33. The van der Waals surface area contributed by atoms with Crippen molar-refractivity contribution >= 4 is 35.4 Å². The van der Waals surface area contributed by atoms with Crippen molar-refractivity contribution in [1.82, 2.24) is 24.1 Å². The molecule has 9 heteroatoms. The summed E-state index contributed by atoms with van der Waals surface area (Å²) in [6, 6.07) is 15.8. The first kappa shape index (κ1) is 21.4. The number of thioether (sulfide) groups is 1. The molecule has 158 valence electrons. The Balaban J connectivity index is 1.53. The fourth-order valence-corrected chi connectivity index (χ4v) is 5.05. The van der Waals surface area contributed by atoms with E-state index in [4.69, 9.17) is 0 Å². The van der Waals surface area contributed by atoms with E-state index >= 15 is 0 Å². The van der Waals surface area contributed by atoms with Crippen molar-refractivity contribution in [3.05, 3.63) is 90.0 Å². The van der Waals surface area contributed by atoms with Crippen LogP contribution in [0, 0.1) is 5.82 Å². The summed E-state index contributed by atoms with van der Waals surface area (Å²) in [5, 5.41) is 15.4. The molecule has 0 saturated heterocycles. The molecule has 0 saturated carbocycles. The zero-order chi connectivity index (χ0) is 21.7. The third-order valence-electron chi connectivity index (χ3n) is 4.81. The van der Waals surface area contributed by atoms with Crippen LogP contribution in [0.2, 0.25) is 0 Å². The van der Waals surface area contributed by atoms with Crippen molar-refractivity contribution in [2.75, 3.05) is 0 Å². The van der Waals surface area contributed by atoms with Crippen molar-refractivity contribution in [3.63, 3.8) is 0 Å². The highest BCUT2D eigenvalue weighted by molar-refractivity contribution is 8.01. The Kier molecular flexibility index (Phi) is 6.55. The second-order valence-electron chi connectivity index (χ2n) is 6.95. The van der Waals surface area contributed by atoms with Crippen molar-refractivity contribution < 1.29 is 9.50 Å². The summed E-state index contributed by atoms with van der Waals surface area (Å²) in [4.78, 5) is 8.51. The van der Waals surface area contributed by atoms with E-state index in [0.29, 0.717) is 11.4 Å². The maximum Gasteiger partial charge on any atom is 0.170 e. The fourth-order valence-electron chi connectivity index (χ4n) is 3.07. The van der Waals surface area contributed by atoms with Gasteiger partial charge < -0.3 is 5.11 Å². The molecule has 0 bridgehead atoms. The molecule has 0 radical (unpaired) electrons. The molecule has 4 rings (SSSR count). The molecule has 0 fully saturated rings. The van der Waals surface area contributed by atoms with Gasteiger partial charge in [-0.1, -0.05) is 60.3 Å². The van der Waals surface area contributed by atoms with Crippen LogP contribution in [0.4, 0.5) is 4.39 Å². The molecule has 4 aromatic rings. The maximum absolute atomic E-state index is 13.5. The molecule has 2 atom stereocenters. The van der Waals surface area contributed by atoms with Gasteiger partial charge in [0.25, 0.3) is 0 Å². The number of halogens is 1. The monoisotopic (exact) mass is 453 g/mol. The van der Waals surface area contributed by atoms with Gasteiger partial charge in [0.05, 0.1) is 6.54 Å². The first-order valence-corrected chi connectivity index (χ1v) is 11.2. The predicted octanol–water partition coefficient (Wildman–Crippen LogP) is 4.51. The molecule has 2 aromatic heterocycles. The van der Waals surface area contributed by atoms with Crippen molar-refractivity contribution in [2.45, 2.75) is 28.7 Å². The third kappa shape index (κ3) is 5.25. The van der Waals surface area contributed by atoms with Crippen molar-refractivity contribution in [2.24, 2.45) is 0 Å². The van der Waals surface area contributed by atoms with Crippen LogP contribution in [0.25, 0.3) is 12.2 Å². The molecule has 2 aromatic carbocycles. The molecule has 2 heterocycles. The van der Waals surface area contributed by atoms with Gasteiger partial charge in [0.1, 0.15) is 24.1 Å². The Bertz CT molecular complexity index is 1130. The lowest BCUT2D eigenvalue weighted by molar-refractivity contribution is 0.0167. The van der Waals surface area contributed by atoms with E-state index in [1.807, 2.05) is 49.4 Å². The lowest BCUT2D eigenvalue weighted by atomic mass is 9.90. The van der Waals surface area contributed by atoms with Crippen LogP contribution in [0.3, 0.4) is 0 Å². The van der Waals surface area contributed by atoms with E-state index in [-0.39, 0.29) is 17.6 Å². The molecule has 6 nitrogen and oxygen atoms in total. The largest absolute Gasteiger partial charge is 0.382 e. The molecular weight excluding hydrogens is 433 g/mol. The average Bonchev–Trinajstić information content (AvgIpc) is 3.45. The summed E-state index contributed by atoms with van der Waals surface area (Å²) in [5.74, 6) is 0.260. The number of hydrogen-bond donors (Lipinski definition) is 1. The summed E-state index contributed by atoms with van der Waals surface area (Å²) < 4.78 is 20.2. The van der Waals surface area contributed by atoms with Gasteiger partial charge in [-0.15, -0.1) is 0 Å². The number of benzene rings is 2. The van der Waals surface area contributed by atoms with Crippen LogP contribution in [0.5, 0.6) is 0 Å². The van der Waals surface area contributed by atoms with Crippen LogP contribution in [-0.4, -0.2) is 34.5 Å². The Hall–Kier alpha value is -2.88. The predicted molar refractivity (Wildman–Crippen MR) is 121 cm³/mol. The SMILES string of the molecule is C[C@@H](Sc1nc(C=Cc2ccccc2)ns1)[C@](O)(Cn1cncn1)c1ccc(F)cc1. The van der Waals surface area contributed by atoms with Gasteiger partial charge in [0.15, 0.2) is 10.2 Å². The molecule has 0 aliphatic carbocycles. The molecule has 31 heavy (non-hydrogen) atoms. The summed E-state index contributed by atoms with van der Waals surface area (Å²) in [6.07, 6.45) is 6.78. The third-order valence-corrected chi connectivity index (χ3v) is 6.89. The number of rotatable bonds is 8. The van der Waals surface area contributed by atoms with Crippen LogP contribution in [0.1, 0.15) is 23.9 Å². The van der Waals surface area contributed by atoms with Gasteiger partial charge in [-0.25, -0.2) is 19.0 Å². The van der Waals surface area contributed by atoms with Gasteiger partial charge >= 0.3 is 0 Å². The zero-order valence-corrected chi connectivity index (χ0v) is 18.3. The standard InChI is InChI=1S/C22H20FN5OS2/c1-16(30-21-26-20(27-31-21)12-7-17-5-3-2-4-6-17)22(29,13-28-15-24-14-25-28)18-8-10-19(23)11-9-18/h2-12,14-16,29H,13H2,1H3/t16-,22-/m1/s1. The number of nitrogens with zero attached hydrogens (tertiary/aromatic N) is 5. The Morgan fingerprint density at radius 2 is 1.94 bits per heavy atom. The second-order valence-corrected chi connectivity index (χ2v) is 9.29. The van der Waals surface area contributed by atoms with Crippen molar-refractivity contribution in [3.8, 4) is 0 Å². The van der Waals surface area contributed by atoms with Gasteiger partial charge in [0, 0.05) is 5.25 Å². The van der Waals surface area contributed by atoms with E-state index < -0.39 is 5.60 Å². The summed E-state index contributed by atoms with van der Waals surface area (Å²) in [5.41, 5.74) is 0.342. The molecule has 0 amide bonds. The second kappa shape index (κ2) is 9.51. The van der Waals surface area contributed by atoms with Gasteiger partial charge in [-0.2, -0.15) is 9.47 Å². The van der Waals surface area contributed by atoms with E-state index in [0.717, 1.165) is 9.90 Å². The highest BCUT2D eigenvalue weighted by Crippen LogP contribution is 2.38. The van der Waals surface area contributed by atoms with E-state index in [1.54, 1.807) is 23.1 Å². The molecular formula is C22H20FN5OS2. The minimum absolute atomic E-state index is 0.173. The number of aromatic nitrogens is 5. The highest BCUT2D eigenvalue weighted by Gasteiger charge is 2.38. The van der Waals surface area contributed by atoms with Gasteiger partial charge in [-0.3, -0.25) is 0 Å². The normalized spacial score (nSPS) is 14.5. The number of hydrogen-bond acceptors (Lipinski definition) is 7. The number of aliphatic hydroxyl groups is 1. The quantitative estimate of drug-likeness (QED) is 0.396. The van der Waals surface area contributed by atoms with E-state index in [1.165, 1.54) is 41.8 Å². The first-order chi connectivity index (χ1) is 15.0. The zero-order valence-electron chi connectivity index (χ0n) is 16.7.